The SMILES string of the molecule is COc1ccc(O)c(Pc2ccccc2C=NC(C)(C)C)c1. The summed E-state index contributed by atoms with van der Waals surface area (Å²) in [5.74, 6) is 1.04. The maximum absolute atomic E-state index is 10.1. The van der Waals surface area contributed by atoms with Gasteiger partial charge < -0.3 is 9.84 Å². The summed E-state index contributed by atoms with van der Waals surface area (Å²) < 4.78 is 5.24. The molecule has 0 aliphatic heterocycles. The Morgan fingerprint density at radius 1 is 1.09 bits per heavy atom. The molecule has 0 radical (unpaired) electrons. The van der Waals surface area contributed by atoms with Gasteiger partial charge in [-0.05, 0) is 44.3 Å². The van der Waals surface area contributed by atoms with Crippen LogP contribution in [0.5, 0.6) is 11.5 Å². The number of aromatic hydroxyl groups is 1. The van der Waals surface area contributed by atoms with Gasteiger partial charge in [-0.15, -0.1) is 0 Å². The van der Waals surface area contributed by atoms with Gasteiger partial charge in [0.15, 0.2) is 0 Å². The molecule has 116 valence electrons. The van der Waals surface area contributed by atoms with E-state index in [0.29, 0.717) is 14.3 Å². The summed E-state index contributed by atoms with van der Waals surface area (Å²) in [4.78, 5) is 4.58. The maximum Gasteiger partial charge on any atom is 0.123 e. The van der Waals surface area contributed by atoms with Gasteiger partial charge in [0, 0.05) is 17.1 Å². The van der Waals surface area contributed by atoms with E-state index >= 15 is 0 Å². The molecular formula is C18H22NO2P. The highest BCUT2D eigenvalue weighted by atomic mass is 31.1. The second-order valence-electron chi connectivity index (χ2n) is 6.02. The van der Waals surface area contributed by atoms with Crippen LogP contribution in [-0.4, -0.2) is 24.0 Å². The summed E-state index contributed by atoms with van der Waals surface area (Å²) in [6.45, 7) is 6.22. The van der Waals surface area contributed by atoms with Gasteiger partial charge >= 0.3 is 0 Å². The Morgan fingerprint density at radius 3 is 2.50 bits per heavy atom. The lowest BCUT2D eigenvalue weighted by Gasteiger charge is -2.13. The van der Waals surface area contributed by atoms with Crippen molar-refractivity contribution >= 4 is 25.4 Å². The zero-order valence-corrected chi connectivity index (χ0v) is 14.4. The quantitative estimate of drug-likeness (QED) is 0.695. The number of ether oxygens (including phenoxy) is 1. The molecule has 2 aromatic carbocycles. The molecule has 0 saturated heterocycles. The van der Waals surface area contributed by atoms with E-state index in [2.05, 4.69) is 37.9 Å². The van der Waals surface area contributed by atoms with Crippen LogP contribution in [-0.2, 0) is 0 Å². The van der Waals surface area contributed by atoms with Crippen molar-refractivity contribution in [3.63, 3.8) is 0 Å². The first-order valence-corrected chi connectivity index (χ1v) is 8.17. The molecule has 0 aromatic heterocycles. The molecule has 2 rings (SSSR count). The number of aliphatic imine (C=N–C) groups is 1. The van der Waals surface area contributed by atoms with E-state index < -0.39 is 0 Å². The van der Waals surface area contributed by atoms with Gasteiger partial charge in [0.05, 0.1) is 12.6 Å². The Morgan fingerprint density at radius 2 is 1.82 bits per heavy atom. The van der Waals surface area contributed by atoms with E-state index in [1.807, 2.05) is 24.4 Å². The highest BCUT2D eigenvalue weighted by molar-refractivity contribution is 7.56. The lowest BCUT2D eigenvalue weighted by Crippen LogP contribution is -2.13. The summed E-state index contributed by atoms with van der Waals surface area (Å²) in [5, 5.41) is 12.1. The molecule has 2 aromatic rings. The first-order valence-electron chi connectivity index (χ1n) is 7.17. The van der Waals surface area contributed by atoms with Crippen LogP contribution in [0.4, 0.5) is 0 Å². The molecule has 1 unspecified atom stereocenters. The molecule has 0 aliphatic carbocycles. The third kappa shape index (κ3) is 4.57. The number of methoxy groups -OCH3 is 1. The van der Waals surface area contributed by atoms with Crippen LogP contribution >= 0.6 is 8.58 Å². The zero-order chi connectivity index (χ0) is 16.2. The average molecular weight is 315 g/mol. The van der Waals surface area contributed by atoms with E-state index in [-0.39, 0.29) is 5.54 Å². The van der Waals surface area contributed by atoms with Crippen molar-refractivity contribution in [1.82, 2.24) is 0 Å². The molecular weight excluding hydrogens is 293 g/mol. The van der Waals surface area contributed by atoms with Gasteiger partial charge in [-0.3, -0.25) is 4.99 Å². The standard InChI is InChI=1S/C18H22NO2P/c1-18(2,3)19-12-13-7-5-6-8-16(13)22-17-11-14(21-4)9-10-15(17)20/h5-12,20,22H,1-4H3. The van der Waals surface area contributed by atoms with Crippen molar-refractivity contribution in [2.24, 2.45) is 4.99 Å². The third-order valence-corrected chi connectivity index (χ3v) is 4.42. The van der Waals surface area contributed by atoms with Gasteiger partial charge in [-0.2, -0.15) is 0 Å². The average Bonchev–Trinajstić information content (AvgIpc) is 2.48. The third-order valence-electron chi connectivity index (χ3n) is 3.02. The monoisotopic (exact) mass is 315 g/mol. The fourth-order valence-corrected chi connectivity index (χ4v) is 3.06. The van der Waals surface area contributed by atoms with E-state index in [1.165, 1.54) is 0 Å². The minimum absolute atomic E-state index is 0.103. The Balaban J connectivity index is 2.32. The van der Waals surface area contributed by atoms with E-state index in [0.717, 1.165) is 21.9 Å². The molecule has 1 atom stereocenters. The molecule has 0 saturated carbocycles. The molecule has 0 spiro atoms. The maximum atomic E-state index is 10.1. The minimum Gasteiger partial charge on any atom is -0.507 e. The van der Waals surface area contributed by atoms with Crippen molar-refractivity contribution in [1.29, 1.82) is 0 Å². The Bertz CT molecular complexity index is 675. The van der Waals surface area contributed by atoms with Crippen LogP contribution in [0.1, 0.15) is 26.3 Å². The zero-order valence-electron chi connectivity index (χ0n) is 13.4. The van der Waals surface area contributed by atoms with Gasteiger partial charge in [-0.25, -0.2) is 0 Å². The lowest BCUT2D eigenvalue weighted by atomic mass is 10.1. The molecule has 0 fully saturated rings. The van der Waals surface area contributed by atoms with Crippen molar-refractivity contribution < 1.29 is 9.84 Å². The molecule has 0 heterocycles. The Kier molecular flexibility index (Phi) is 5.20. The Hall–Kier alpha value is -1.86. The fourth-order valence-electron chi connectivity index (χ4n) is 1.87. The molecule has 22 heavy (non-hydrogen) atoms. The number of hydrogen-bond donors (Lipinski definition) is 1. The van der Waals surface area contributed by atoms with E-state index in [1.54, 1.807) is 19.2 Å². The largest absolute Gasteiger partial charge is 0.507 e. The Labute approximate surface area is 133 Å². The molecule has 0 amide bonds. The van der Waals surface area contributed by atoms with Gasteiger partial charge in [0.2, 0.25) is 0 Å². The number of hydrogen-bond acceptors (Lipinski definition) is 3. The van der Waals surface area contributed by atoms with Crippen molar-refractivity contribution in [3.8, 4) is 11.5 Å². The molecule has 4 heteroatoms. The number of phenols is 1. The molecule has 1 N–H and O–H groups in total. The minimum atomic E-state index is -0.103. The number of nitrogens with zero attached hydrogens (tertiary/aromatic N) is 1. The summed E-state index contributed by atoms with van der Waals surface area (Å²) in [6.07, 6.45) is 1.92. The van der Waals surface area contributed by atoms with Crippen molar-refractivity contribution in [2.45, 2.75) is 26.3 Å². The second-order valence-corrected chi connectivity index (χ2v) is 7.35. The van der Waals surface area contributed by atoms with Gasteiger partial charge in [0.25, 0.3) is 0 Å². The summed E-state index contributed by atoms with van der Waals surface area (Å²) >= 11 is 0. The second kappa shape index (κ2) is 6.93. The van der Waals surface area contributed by atoms with Crippen LogP contribution < -0.4 is 15.3 Å². The van der Waals surface area contributed by atoms with Crippen LogP contribution in [0.3, 0.4) is 0 Å². The van der Waals surface area contributed by atoms with E-state index in [9.17, 15) is 5.11 Å². The van der Waals surface area contributed by atoms with Crippen LogP contribution in [0.2, 0.25) is 0 Å². The van der Waals surface area contributed by atoms with Crippen LogP contribution in [0.25, 0.3) is 0 Å². The summed E-state index contributed by atoms with van der Waals surface area (Å²) in [5.41, 5.74) is 0.979. The molecule has 3 nitrogen and oxygen atoms in total. The van der Waals surface area contributed by atoms with Crippen molar-refractivity contribution in [3.05, 3.63) is 48.0 Å². The van der Waals surface area contributed by atoms with Crippen molar-refractivity contribution in [2.75, 3.05) is 7.11 Å². The smallest absolute Gasteiger partial charge is 0.123 e. The summed E-state index contributed by atoms with van der Waals surface area (Å²) in [6, 6.07) is 13.4. The van der Waals surface area contributed by atoms with Gasteiger partial charge in [0.1, 0.15) is 11.5 Å². The number of rotatable bonds is 4. The normalized spacial score (nSPS) is 12.4. The number of phenolic OH excluding ortho intramolecular Hbond substituents is 1. The fraction of sp³-hybridized carbons (Fsp3) is 0.278. The van der Waals surface area contributed by atoms with Crippen LogP contribution in [0, 0.1) is 0 Å². The van der Waals surface area contributed by atoms with Crippen LogP contribution in [0.15, 0.2) is 47.5 Å². The predicted octanol–water partition coefficient (Wildman–Crippen LogP) is 3.25. The predicted molar refractivity (Wildman–Crippen MR) is 96.0 cm³/mol. The summed E-state index contributed by atoms with van der Waals surface area (Å²) in [7, 11) is 1.97. The molecule has 0 bridgehead atoms. The first-order chi connectivity index (χ1) is 10.4. The number of benzene rings is 2. The molecule has 0 aliphatic rings. The van der Waals surface area contributed by atoms with Gasteiger partial charge in [-0.1, -0.05) is 32.8 Å². The highest BCUT2D eigenvalue weighted by Gasteiger charge is 2.09. The first kappa shape index (κ1) is 16.5. The topological polar surface area (TPSA) is 41.8 Å². The lowest BCUT2D eigenvalue weighted by molar-refractivity contribution is 0.413. The highest BCUT2D eigenvalue weighted by Crippen LogP contribution is 2.23. The van der Waals surface area contributed by atoms with E-state index in [4.69, 9.17) is 4.74 Å².